The summed E-state index contributed by atoms with van der Waals surface area (Å²) in [6.07, 6.45) is 0.616. The Bertz CT molecular complexity index is 910. The molecule has 1 aliphatic heterocycles. The van der Waals surface area contributed by atoms with Crippen molar-refractivity contribution in [2.45, 2.75) is 25.8 Å². The largest absolute Gasteiger partial charge is 0.329 e. The average molecular weight is 308 g/mol. The molecule has 1 aromatic heterocycles. The highest BCUT2D eigenvalue weighted by molar-refractivity contribution is 7.91. The van der Waals surface area contributed by atoms with Crippen molar-refractivity contribution in [3.8, 4) is 0 Å². The van der Waals surface area contributed by atoms with Crippen LogP contribution in [0.5, 0.6) is 0 Å². The molecule has 0 saturated carbocycles. The number of aromatic amines is 1. The van der Waals surface area contributed by atoms with Gasteiger partial charge in [-0.25, -0.2) is 13.2 Å². The zero-order valence-electron chi connectivity index (χ0n) is 11.6. The molecule has 1 saturated heterocycles. The molecule has 1 N–H and O–H groups in total. The fourth-order valence-electron chi connectivity index (χ4n) is 2.81. The van der Waals surface area contributed by atoms with Gasteiger partial charge in [0.1, 0.15) is 9.84 Å². The Hall–Kier alpha value is -1.89. The van der Waals surface area contributed by atoms with Crippen molar-refractivity contribution in [2.24, 2.45) is 0 Å². The fraction of sp³-hybridized carbons (Fsp3) is 0.429. The molecule has 1 fully saturated rings. The van der Waals surface area contributed by atoms with Crippen LogP contribution in [0.15, 0.2) is 27.8 Å². The topological polar surface area (TPSA) is 89.0 Å². The maximum atomic E-state index is 12.6. The third kappa shape index (κ3) is 2.53. The first kappa shape index (κ1) is 14.1. The minimum atomic E-state index is -3.03. The zero-order valence-corrected chi connectivity index (χ0v) is 12.4. The summed E-state index contributed by atoms with van der Waals surface area (Å²) in [4.78, 5) is 27.4. The van der Waals surface area contributed by atoms with Gasteiger partial charge in [-0.2, -0.15) is 0 Å². The number of nitrogens with one attached hydrogen (secondary N) is 1. The fourth-order valence-corrected chi connectivity index (χ4v) is 4.28. The third-order valence-electron chi connectivity index (χ3n) is 3.97. The Morgan fingerprint density at radius 1 is 1.19 bits per heavy atom. The third-order valence-corrected chi connectivity index (χ3v) is 5.69. The van der Waals surface area contributed by atoms with Gasteiger partial charge in [0.2, 0.25) is 0 Å². The summed E-state index contributed by atoms with van der Waals surface area (Å²) in [6.45, 7) is 1.88. The Morgan fingerprint density at radius 2 is 1.86 bits per heavy atom. The van der Waals surface area contributed by atoms with E-state index in [-0.39, 0.29) is 23.1 Å². The quantitative estimate of drug-likeness (QED) is 0.842. The molecule has 3 rings (SSSR count). The number of nitrogens with zero attached hydrogens (tertiary/aromatic N) is 1. The van der Waals surface area contributed by atoms with Crippen LogP contribution in [0.25, 0.3) is 10.9 Å². The number of sulfone groups is 1. The number of benzene rings is 1. The minimum Gasteiger partial charge on any atom is -0.307 e. The maximum Gasteiger partial charge on any atom is 0.329 e. The molecule has 0 aliphatic carbocycles. The van der Waals surface area contributed by atoms with Crippen molar-refractivity contribution in [2.75, 3.05) is 11.5 Å². The Morgan fingerprint density at radius 3 is 2.52 bits per heavy atom. The van der Waals surface area contributed by atoms with Crippen molar-refractivity contribution in [1.29, 1.82) is 0 Å². The van der Waals surface area contributed by atoms with E-state index in [2.05, 4.69) is 4.98 Å². The molecule has 2 heterocycles. The van der Waals surface area contributed by atoms with E-state index in [1.807, 2.05) is 13.0 Å². The summed E-state index contributed by atoms with van der Waals surface area (Å²) in [5.74, 6) is 0.0464. The minimum absolute atomic E-state index is 0.0232. The van der Waals surface area contributed by atoms with Crippen LogP contribution in [0.1, 0.15) is 24.4 Å². The predicted octanol–water partition coefficient (Wildman–Crippen LogP) is 0.748. The van der Waals surface area contributed by atoms with Gasteiger partial charge in [-0.05, 0) is 31.9 Å². The second-order valence-electron chi connectivity index (χ2n) is 5.54. The van der Waals surface area contributed by atoms with Crippen LogP contribution in [-0.4, -0.2) is 29.5 Å². The SMILES string of the molecule is Cc1ccc2[nH]c(=O)n(C3CCS(=O)(=O)CC3)c(=O)c2c1. The molecule has 6 nitrogen and oxygen atoms in total. The summed E-state index contributed by atoms with van der Waals surface area (Å²) < 4.78 is 24.1. The summed E-state index contributed by atoms with van der Waals surface area (Å²) >= 11 is 0. The van der Waals surface area contributed by atoms with Crippen LogP contribution >= 0.6 is 0 Å². The van der Waals surface area contributed by atoms with Crippen molar-refractivity contribution in [3.63, 3.8) is 0 Å². The molecule has 7 heteroatoms. The molecule has 1 aromatic carbocycles. The van der Waals surface area contributed by atoms with E-state index < -0.39 is 15.5 Å². The lowest BCUT2D eigenvalue weighted by atomic mass is 10.1. The standard InChI is InChI=1S/C14H16N2O4S/c1-9-2-3-12-11(8-9)13(17)16(14(18)15-12)10-4-6-21(19,20)7-5-10/h2-3,8,10H,4-7H2,1H3,(H,15,18). The van der Waals surface area contributed by atoms with Crippen LogP contribution in [0.2, 0.25) is 0 Å². The molecule has 2 aromatic rings. The lowest BCUT2D eigenvalue weighted by molar-refractivity contribution is 0.426. The Kier molecular flexibility index (Phi) is 3.24. The Labute approximate surface area is 121 Å². The highest BCUT2D eigenvalue weighted by Crippen LogP contribution is 2.21. The van der Waals surface area contributed by atoms with Crippen LogP contribution in [0, 0.1) is 6.92 Å². The van der Waals surface area contributed by atoms with E-state index >= 15 is 0 Å². The normalized spacial score (nSPS) is 18.9. The van der Waals surface area contributed by atoms with E-state index in [0.29, 0.717) is 23.7 Å². The van der Waals surface area contributed by atoms with E-state index in [1.165, 1.54) is 4.57 Å². The van der Waals surface area contributed by atoms with Gasteiger partial charge in [0.05, 0.1) is 22.4 Å². The van der Waals surface area contributed by atoms with Gasteiger partial charge in [-0.1, -0.05) is 11.6 Å². The Balaban J connectivity index is 2.15. The van der Waals surface area contributed by atoms with Gasteiger partial charge < -0.3 is 4.98 Å². The van der Waals surface area contributed by atoms with Crippen molar-refractivity contribution in [1.82, 2.24) is 9.55 Å². The second kappa shape index (κ2) is 4.84. The molecule has 0 atom stereocenters. The first-order valence-electron chi connectivity index (χ1n) is 6.83. The lowest BCUT2D eigenvalue weighted by Crippen LogP contribution is -2.41. The van der Waals surface area contributed by atoms with Crippen LogP contribution in [-0.2, 0) is 9.84 Å². The van der Waals surface area contributed by atoms with Gasteiger partial charge in [0.25, 0.3) is 5.56 Å². The number of hydrogen-bond acceptors (Lipinski definition) is 4. The summed E-state index contributed by atoms with van der Waals surface area (Å²) in [6, 6.07) is 4.93. The highest BCUT2D eigenvalue weighted by atomic mass is 32.2. The van der Waals surface area contributed by atoms with Gasteiger partial charge in [0.15, 0.2) is 0 Å². The van der Waals surface area contributed by atoms with Crippen molar-refractivity contribution < 1.29 is 8.42 Å². The number of aryl methyl sites for hydroxylation is 1. The van der Waals surface area contributed by atoms with E-state index in [0.717, 1.165) is 5.56 Å². The molecule has 0 radical (unpaired) electrons. The van der Waals surface area contributed by atoms with Gasteiger partial charge in [-0.15, -0.1) is 0 Å². The van der Waals surface area contributed by atoms with E-state index in [4.69, 9.17) is 0 Å². The average Bonchev–Trinajstić information content (AvgIpc) is 2.41. The first-order chi connectivity index (χ1) is 9.87. The number of hydrogen-bond donors (Lipinski definition) is 1. The summed E-state index contributed by atoms with van der Waals surface area (Å²) in [7, 11) is -3.03. The number of H-pyrrole nitrogens is 1. The molecule has 0 amide bonds. The van der Waals surface area contributed by atoms with Gasteiger partial charge in [-0.3, -0.25) is 9.36 Å². The van der Waals surface area contributed by atoms with Crippen molar-refractivity contribution >= 4 is 20.7 Å². The first-order valence-corrected chi connectivity index (χ1v) is 8.65. The molecule has 0 bridgehead atoms. The second-order valence-corrected chi connectivity index (χ2v) is 7.84. The molecular weight excluding hydrogens is 292 g/mol. The molecule has 0 spiro atoms. The van der Waals surface area contributed by atoms with Crippen LogP contribution in [0.3, 0.4) is 0 Å². The van der Waals surface area contributed by atoms with Gasteiger partial charge in [0, 0.05) is 6.04 Å². The smallest absolute Gasteiger partial charge is 0.307 e. The van der Waals surface area contributed by atoms with E-state index in [1.54, 1.807) is 12.1 Å². The van der Waals surface area contributed by atoms with Crippen LogP contribution < -0.4 is 11.2 Å². The molecule has 0 unspecified atom stereocenters. The number of fused-ring (bicyclic) bond motifs is 1. The maximum absolute atomic E-state index is 12.6. The zero-order chi connectivity index (χ0) is 15.2. The molecule has 112 valence electrons. The number of aromatic nitrogens is 2. The monoisotopic (exact) mass is 308 g/mol. The molecule has 1 aliphatic rings. The predicted molar refractivity (Wildman–Crippen MR) is 80.5 cm³/mol. The van der Waals surface area contributed by atoms with Crippen LogP contribution in [0.4, 0.5) is 0 Å². The van der Waals surface area contributed by atoms with Gasteiger partial charge >= 0.3 is 5.69 Å². The van der Waals surface area contributed by atoms with E-state index in [9.17, 15) is 18.0 Å². The summed E-state index contributed by atoms with van der Waals surface area (Å²) in [5.41, 5.74) is 0.627. The number of rotatable bonds is 1. The lowest BCUT2D eigenvalue weighted by Gasteiger charge is -2.23. The highest BCUT2D eigenvalue weighted by Gasteiger charge is 2.27. The molecular formula is C14H16N2O4S. The summed E-state index contributed by atoms with van der Waals surface area (Å²) in [5, 5.41) is 0.461. The van der Waals surface area contributed by atoms with Crippen molar-refractivity contribution in [3.05, 3.63) is 44.6 Å². The molecule has 21 heavy (non-hydrogen) atoms.